The van der Waals surface area contributed by atoms with Crippen LogP contribution in [0.5, 0.6) is 5.75 Å². The molecule has 2 aliphatic heterocycles. The molecule has 4 rings (SSSR count). The summed E-state index contributed by atoms with van der Waals surface area (Å²) in [6.07, 6.45) is 0.760. The predicted octanol–water partition coefficient (Wildman–Crippen LogP) is 3.60. The van der Waals surface area contributed by atoms with Gasteiger partial charge in [0.1, 0.15) is 5.75 Å². The summed E-state index contributed by atoms with van der Waals surface area (Å²) in [6.45, 7) is 8.72. The number of hydrogen-bond acceptors (Lipinski definition) is 3. The van der Waals surface area contributed by atoms with Crippen molar-refractivity contribution in [1.29, 1.82) is 0 Å². The Hall–Kier alpha value is -2.53. The van der Waals surface area contributed by atoms with E-state index in [0.717, 1.165) is 43.9 Å². The lowest BCUT2D eigenvalue weighted by molar-refractivity contribution is 0.0613. The van der Waals surface area contributed by atoms with Crippen molar-refractivity contribution in [2.45, 2.75) is 31.7 Å². The van der Waals surface area contributed by atoms with Gasteiger partial charge < -0.3 is 15.0 Å². The first-order valence-electron chi connectivity index (χ1n) is 10.5. The zero-order chi connectivity index (χ0) is 20.4. The number of benzene rings is 2. The van der Waals surface area contributed by atoms with Gasteiger partial charge >= 0.3 is 6.03 Å². The summed E-state index contributed by atoms with van der Waals surface area (Å²) in [6, 6.07) is 17.0. The highest BCUT2D eigenvalue weighted by Crippen LogP contribution is 2.40. The number of fused-ring (bicyclic) bond motifs is 3. The summed E-state index contributed by atoms with van der Waals surface area (Å²) < 4.78 is 5.40. The average molecular weight is 394 g/mol. The van der Waals surface area contributed by atoms with E-state index in [9.17, 15) is 4.79 Å². The number of carbonyl (C=O) groups is 1. The van der Waals surface area contributed by atoms with E-state index in [1.165, 1.54) is 11.1 Å². The minimum atomic E-state index is 0.0295. The van der Waals surface area contributed by atoms with Gasteiger partial charge in [-0.15, -0.1) is 0 Å². The molecule has 0 radical (unpaired) electrons. The number of carbonyl (C=O) groups excluding carboxylic acids is 1. The zero-order valence-electron chi connectivity index (χ0n) is 17.6. The number of methoxy groups -OCH3 is 1. The summed E-state index contributed by atoms with van der Waals surface area (Å²) in [5.74, 6) is 0.872. The Labute approximate surface area is 173 Å². The molecule has 154 valence electrons. The lowest BCUT2D eigenvalue weighted by Gasteiger charge is -2.49. The minimum Gasteiger partial charge on any atom is -0.496 e. The van der Waals surface area contributed by atoms with Crippen LogP contribution < -0.4 is 10.1 Å². The van der Waals surface area contributed by atoms with E-state index < -0.39 is 0 Å². The molecule has 0 spiro atoms. The van der Waals surface area contributed by atoms with Gasteiger partial charge in [0, 0.05) is 38.1 Å². The molecule has 1 fully saturated rings. The summed E-state index contributed by atoms with van der Waals surface area (Å²) in [5, 5.41) is 3.10. The highest BCUT2D eigenvalue weighted by Gasteiger charge is 2.40. The molecule has 2 aliphatic rings. The van der Waals surface area contributed by atoms with Gasteiger partial charge in [-0.2, -0.15) is 0 Å². The van der Waals surface area contributed by atoms with Crippen molar-refractivity contribution in [1.82, 2.24) is 15.1 Å². The summed E-state index contributed by atoms with van der Waals surface area (Å²) in [4.78, 5) is 17.3. The maximum absolute atomic E-state index is 12.8. The zero-order valence-corrected chi connectivity index (χ0v) is 17.6. The van der Waals surface area contributed by atoms with E-state index in [1.807, 2.05) is 29.2 Å². The van der Waals surface area contributed by atoms with Crippen LogP contribution in [0.1, 0.15) is 36.6 Å². The van der Waals surface area contributed by atoms with Crippen molar-refractivity contribution >= 4 is 6.03 Å². The number of nitrogens with one attached hydrogen (secondary N) is 1. The SMILES string of the molecule is COc1ccccc1CCNC(=O)N1CCN2CC(C)(C)c3ccccc3C2C1. The summed E-state index contributed by atoms with van der Waals surface area (Å²) >= 11 is 0. The van der Waals surface area contributed by atoms with Crippen molar-refractivity contribution in [3.8, 4) is 5.75 Å². The molecule has 1 N–H and O–H groups in total. The largest absolute Gasteiger partial charge is 0.496 e. The molecule has 0 aliphatic carbocycles. The molecule has 5 heteroatoms. The van der Waals surface area contributed by atoms with Gasteiger partial charge in [-0.1, -0.05) is 56.3 Å². The van der Waals surface area contributed by atoms with Crippen LogP contribution in [-0.4, -0.2) is 55.7 Å². The number of piperazine rings is 1. The van der Waals surface area contributed by atoms with E-state index >= 15 is 0 Å². The first-order valence-corrected chi connectivity index (χ1v) is 10.5. The molecule has 0 saturated carbocycles. The van der Waals surface area contributed by atoms with Gasteiger partial charge in [0.05, 0.1) is 13.2 Å². The molecule has 1 atom stereocenters. The number of rotatable bonds is 4. The van der Waals surface area contributed by atoms with Gasteiger partial charge in [0.2, 0.25) is 0 Å². The number of nitrogens with zero attached hydrogens (tertiary/aromatic N) is 2. The van der Waals surface area contributed by atoms with Gasteiger partial charge in [-0.3, -0.25) is 4.90 Å². The van der Waals surface area contributed by atoms with Crippen LogP contribution in [0.15, 0.2) is 48.5 Å². The second-order valence-corrected chi connectivity index (χ2v) is 8.70. The smallest absolute Gasteiger partial charge is 0.317 e. The van der Waals surface area contributed by atoms with Gasteiger partial charge in [0.25, 0.3) is 0 Å². The standard InChI is InChI=1S/C24H31N3O2/c1-24(2)17-27-15-14-26(16-21(27)19-9-5-6-10-20(19)24)23(28)25-13-12-18-8-4-7-11-22(18)29-3/h4-11,21H,12-17H2,1-3H3,(H,25,28). The molecule has 1 unspecified atom stereocenters. The lowest BCUT2D eigenvalue weighted by atomic mass is 9.75. The van der Waals surface area contributed by atoms with Crippen molar-refractivity contribution in [2.24, 2.45) is 0 Å². The topological polar surface area (TPSA) is 44.8 Å². The second-order valence-electron chi connectivity index (χ2n) is 8.70. The Bertz CT molecular complexity index is 880. The van der Waals surface area contributed by atoms with E-state index in [-0.39, 0.29) is 17.5 Å². The number of urea groups is 1. The van der Waals surface area contributed by atoms with Crippen LogP contribution >= 0.6 is 0 Å². The molecule has 2 aromatic rings. The van der Waals surface area contributed by atoms with Crippen LogP contribution in [0.2, 0.25) is 0 Å². The van der Waals surface area contributed by atoms with Crippen LogP contribution in [0.3, 0.4) is 0 Å². The normalized spacial score (nSPS) is 20.5. The Balaban J connectivity index is 1.39. The second kappa shape index (κ2) is 8.07. The van der Waals surface area contributed by atoms with Gasteiger partial charge in [-0.05, 0) is 29.2 Å². The van der Waals surface area contributed by atoms with E-state index in [1.54, 1.807) is 7.11 Å². The van der Waals surface area contributed by atoms with E-state index in [0.29, 0.717) is 6.54 Å². The quantitative estimate of drug-likeness (QED) is 0.863. The van der Waals surface area contributed by atoms with Crippen molar-refractivity contribution in [3.63, 3.8) is 0 Å². The minimum absolute atomic E-state index is 0.0295. The Morgan fingerprint density at radius 3 is 2.72 bits per heavy atom. The number of ether oxygens (including phenoxy) is 1. The van der Waals surface area contributed by atoms with E-state index in [2.05, 4.69) is 48.3 Å². The van der Waals surface area contributed by atoms with Gasteiger partial charge in [-0.25, -0.2) is 4.79 Å². The monoisotopic (exact) mass is 393 g/mol. The molecule has 1 saturated heterocycles. The fourth-order valence-corrected chi connectivity index (χ4v) is 4.81. The highest BCUT2D eigenvalue weighted by molar-refractivity contribution is 5.74. The predicted molar refractivity (Wildman–Crippen MR) is 115 cm³/mol. The third-order valence-electron chi connectivity index (χ3n) is 6.29. The Kier molecular flexibility index (Phi) is 5.50. The molecule has 0 aromatic heterocycles. The van der Waals surface area contributed by atoms with Crippen LogP contribution in [-0.2, 0) is 11.8 Å². The Morgan fingerprint density at radius 2 is 1.90 bits per heavy atom. The Morgan fingerprint density at radius 1 is 1.14 bits per heavy atom. The number of para-hydroxylation sites is 1. The van der Waals surface area contributed by atoms with Crippen molar-refractivity contribution in [3.05, 3.63) is 65.2 Å². The highest BCUT2D eigenvalue weighted by atomic mass is 16.5. The molecule has 2 amide bonds. The third kappa shape index (κ3) is 3.97. The van der Waals surface area contributed by atoms with Crippen molar-refractivity contribution < 1.29 is 9.53 Å². The van der Waals surface area contributed by atoms with Crippen LogP contribution in [0.4, 0.5) is 4.79 Å². The molecule has 0 bridgehead atoms. The van der Waals surface area contributed by atoms with Crippen LogP contribution in [0, 0.1) is 0 Å². The van der Waals surface area contributed by atoms with Crippen molar-refractivity contribution in [2.75, 3.05) is 39.8 Å². The number of amides is 2. The molecular formula is C24H31N3O2. The maximum atomic E-state index is 12.8. The molecule has 29 heavy (non-hydrogen) atoms. The molecule has 2 heterocycles. The van der Waals surface area contributed by atoms with Gasteiger partial charge in [0.15, 0.2) is 0 Å². The van der Waals surface area contributed by atoms with E-state index in [4.69, 9.17) is 4.74 Å². The third-order valence-corrected chi connectivity index (χ3v) is 6.29. The first-order chi connectivity index (χ1) is 14.0. The lowest BCUT2D eigenvalue weighted by Crippen LogP contribution is -2.57. The summed E-state index contributed by atoms with van der Waals surface area (Å²) in [7, 11) is 1.68. The average Bonchev–Trinajstić information content (AvgIpc) is 2.73. The summed E-state index contributed by atoms with van der Waals surface area (Å²) in [5.41, 5.74) is 4.05. The van der Waals surface area contributed by atoms with Crippen LogP contribution in [0.25, 0.3) is 0 Å². The number of hydrogen-bond donors (Lipinski definition) is 1. The maximum Gasteiger partial charge on any atom is 0.317 e. The molecular weight excluding hydrogens is 362 g/mol. The fraction of sp³-hybridized carbons (Fsp3) is 0.458. The molecule has 5 nitrogen and oxygen atoms in total. The molecule has 2 aromatic carbocycles. The first kappa shape index (κ1) is 19.8. The fourth-order valence-electron chi connectivity index (χ4n) is 4.81.